The van der Waals surface area contributed by atoms with E-state index < -0.39 is 0 Å². The first-order chi connectivity index (χ1) is 16.3. The Labute approximate surface area is 197 Å². The van der Waals surface area contributed by atoms with Crippen LogP contribution < -0.4 is 5.32 Å². The lowest BCUT2D eigenvalue weighted by Crippen LogP contribution is -2.33. The first-order valence-electron chi connectivity index (χ1n) is 12.0. The summed E-state index contributed by atoms with van der Waals surface area (Å²) in [6.07, 6.45) is 10.0. The molecule has 1 N–H and O–H groups in total. The van der Waals surface area contributed by atoms with Crippen LogP contribution in [0.25, 0.3) is 16.1 Å². The molecule has 1 aliphatic heterocycles. The number of hydrogen-bond donors (Lipinski definition) is 1. The smallest absolute Gasteiger partial charge is 0.158 e. The second-order valence-electron chi connectivity index (χ2n) is 9.30. The number of fused-ring (bicyclic) bond motifs is 1. The topological polar surface area (TPSA) is 71.2 Å². The lowest BCUT2D eigenvalue weighted by atomic mass is 9.94. The highest BCUT2D eigenvalue weighted by Crippen LogP contribution is 2.42. The summed E-state index contributed by atoms with van der Waals surface area (Å²) in [5, 5.41) is 19.0. The quantitative estimate of drug-likeness (QED) is 0.394. The fourth-order valence-electron chi connectivity index (χ4n) is 4.74. The Bertz CT molecular complexity index is 1250. The molecule has 1 saturated heterocycles. The van der Waals surface area contributed by atoms with Crippen molar-refractivity contribution in [2.45, 2.75) is 51.5 Å². The zero-order chi connectivity index (χ0) is 22.2. The molecule has 2 aliphatic rings. The maximum atomic E-state index is 4.60. The zero-order valence-electron chi connectivity index (χ0n) is 18.9. The van der Waals surface area contributed by atoms with Gasteiger partial charge in [0.15, 0.2) is 5.82 Å². The minimum absolute atomic E-state index is 0.632. The van der Waals surface area contributed by atoms with E-state index in [1.165, 1.54) is 55.8 Å². The summed E-state index contributed by atoms with van der Waals surface area (Å²) >= 11 is 1.71. The molecule has 7 nitrogen and oxygen atoms in total. The van der Waals surface area contributed by atoms with E-state index in [0.29, 0.717) is 5.92 Å². The van der Waals surface area contributed by atoms with E-state index in [4.69, 9.17) is 0 Å². The van der Waals surface area contributed by atoms with Gasteiger partial charge in [0.2, 0.25) is 0 Å². The van der Waals surface area contributed by atoms with Crippen LogP contribution in [0.5, 0.6) is 0 Å². The van der Waals surface area contributed by atoms with Crippen LogP contribution in [0.3, 0.4) is 0 Å². The summed E-state index contributed by atoms with van der Waals surface area (Å²) in [4.78, 5) is 7.17. The molecule has 170 valence electrons. The van der Waals surface area contributed by atoms with Crippen LogP contribution in [-0.4, -0.2) is 42.8 Å². The number of piperidine rings is 1. The third-order valence-corrected chi connectivity index (χ3v) is 8.09. The molecule has 1 aromatic carbocycles. The zero-order valence-corrected chi connectivity index (χ0v) is 19.8. The Morgan fingerprint density at radius 2 is 1.97 bits per heavy atom. The van der Waals surface area contributed by atoms with Gasteiger partial charge in [0.1, 0.15) is 21.9 Å². The second kappa shape index (κ2) is 8.83. The third kappa shape index (κ3) is 4.37. The summed E-state index contributed by atoms with van der Waals surface area (Å²) in [5.74, 6) is 2.35. The van der Waals surface area contributed by atoms with Crippen molar-refractivity contribution in [2.24, 2.45) is 5.92 Å². The number of benzene rings is 1. The summed E-state index contributed by atoms with van der Waals surface area (Å²) < 4.78 is 1.93. The van der Waals surface area contributed by atoms with Gasteiger partial charge in [-0.2, -0.15) is 5.10 Å². The van der Waals surface area contributed by atoms with Crippen molar-refractivity contribution in [1.29, 1.82) is 0 Å². The van der Waals surface area contributed by atoms with E-state index in [0.717, 1.165) is 40.1 Å². The molecule has 1 saturated carbocycles. The van der Waals surface area contributed by atoms with Gasteiger partial charge in [-0.25, -0.2) is 9.50 Å². The van der Waals surface area contributed by atoms with Gasteiger partial charge in [-0.1, -0.05) is 36.8 Å². The van der Waals surface area contributed by atoms with Crippen LogP contribution in [0.4, 0.5) is 11.5 Å². The van der Waals surface area contributed by atoms with Gasteiger partial charge >= 0.3 is 0 Å². The number of likely N-dealkylation sites (tertiary alicyclic amines) is 1. The van der Waals surface area contributed by atoms with Crippen LogP contribution in [0.15, 0.2) is 42.9 Å². The molecule has 6 rings (SSSR count). The van der Waals surface area contributed by atoms with Crippen LogP contribution >= 0.6 is 11.3 Å². The molecule has 0 bridgehead atoms. The van der Waals surface area contributed by atoms with E-state index >= 15 is 0 Å². The van der Waals surface area contributed by atoms with Crippen molar-refractivity contribution in [3.05, 3.63) is 53.4 Å². The van der Waals surface area contributed by atoms with Gasteiger partial charge in [-0.3, -0.25) is 4.90 Å². The highest BCUT2D eigenvalue weighted by Gasteiger charge is 2.27. The lowest BCUT2D eigenvalue weighted by Gasteiger charge is -2.31. The summed E-state index contributed by atoms with van der Waals surface area (Å²) in [6.45, 7) is 5.57. The molecule has 3 aromatic heterocycles. The van der Waals surface area contributed by atoms with Crippen LogP contribution in [0.2, 0.25) is 0 Å². The third-order valence-electron chi connectivity index (χ3n) is 6.96. The van der Waals surface area contributed by atoms with Crippen LogP contribution in [0, 0.1) is 5.92 Å². The van der Waals surface area contributed by atoms with E-state index in [9.17, 15) is 0 Å². The molecular formula is C25H29N7S. The highest BCUT2D eigenvalue weighted by molar-refractivity contribution is 7.14. The maximum absolute atomic E-state index is 4.60. The molecule has 0 amide bonds. The molecule has 2 fully saturated rings. The number of aromatic nitrogens is 5. The average Bonchev–Trinajstić information content (AvgIpc) is 3.43. The van der Waals surface area contributed by atoms with Crippen molar-refractivity contribution in [2.75, 3.05) is 18.4 Å². The van der Waals surface area contributed by atoms with Crippen LogP contribution in [-0.2, 0) is 6.54 Å². The summed E-state index contributed by atoms with van der Waals surface area (Å²) in [5.41, 5.74) is 4.39. The first-order valence-corrected chi connectivity index (χ1v) is 12.8. The first kappa shape index (κ1) is 20.7. The van der Waals surface area contributed by atoms with E-state index in [-0.39, 0.29) is 0 Å². The molecule has 4 heterocycles. The Hall–Kier alpha value is -2.84. The molecule has 0 radical (unpaired) electrons. The molecule has 4 aromatic rings. The number of rotatable bonds is 7. The van der Waals surface area contributed by atoms with Gasteiger partial charge in [0, 0.05) is 29.9 Å². The van der Waals surface area contributed by atoms with Crippen molar-refractivity contribution < 1.29 is 0 Å². The molecule has 0 unspecified atom stereocenters. The van der Waals surface area contributed by atoms with Gasteiger partial charge in [0.05, 0.1) is 0 Å². The van der Waals surface area contributed by atoms with Gasteiger partial charge in [0.25, 0.3) is 0 Å². The van der Waals surface area contributed by atoms with Crippen molar-refractivity contribution >= 4 is 28.4 Å². The van der Waals surface area contributed by atoms with Crippen molar-refractivity contribution in [3.63, 3.8) is 0 Å². The summed E-state index contributed by atoms with van der Waals surface area (Å²) in [6, 6.07) is 10.5. The largest absolute Gasteiger partial charge is 0.338 e. The summed E-state index contributed by atoms with van der Waals surface area (Å²) in [7, 11) is 0. The molecule has 33 heavy (non-hydrogen) atoms. The number of nitrogens with one attached hydrogen (secondary N) is 1. The number of nitrogens with zero attached hydrogens (tertiary/aromatic N) is 6. The fraction of sp³-hybridized carbons (Fsp3) is 0.440. The van der Waals surface area contributed by atoms with Gasteiger partial charge in [-0.05, 0) is 68.5 Å². The Morgan fingerprint density at radius 1 is 1.09 bits per heavy atom. The van der Waals surface area contributed by atoms with Gasteiger partial charge < -0.3 is 5.32 Å². The predicted octanol–water partition coefficient (Wildman–Crippen LogP) is 5.49. The Balaban J connectivity index is 1.24. The predicted molar refractivity (Wildman–Crippen MR) is 132 cm³/mol. The SMILES string of the molecule is CCC1CCN(Cc2ccn3ncnc(Nc4cccc(-c5nnc(C6CC6)s5)c4)c23)CC1. The van der Waals surface area contributed by atoms with Gasteiger partial charge in [-0.15, -0.1) is 10.2 Å². The molecule has 8 heteroatoms. The van der Waals surface area contributed by atoms with Crippen LogP contribution in [0.1, 0.15) is 55.5 Å². The highest BCUT2D eigenvalue weighted by atomic mass is 32.1. The van der Waals surface area contributed by atoms with Crippen molar-refractivity contribution in [3.8, 4) is 10.6 Å². The minimum Gasteiger partial charge on any atom is -0.338 e. The number of anilines is 2. The molecule has 1 aliphatic carbocycles. The molecule has 0 atom stereocenters. The Kier molecular flexibility index (Phi) is 5.55. The lowest BCUT2D eigenvalue weighted by molar-refractivity contribution is 0.175. The number of hydrogen-bond acceptors (Lipinski definition) is 7. The average molecular weight is 460 g/mol. The second-order valence-corrected chi connectivity index (χ2v) is 10.3. The Morgan fingerprint density at radius 3 is 2.79 bits per heavy atom. The molecule has 0 spiro atoms. The standard InChI is InChI=1S/C25H29N7S/c1-2-17-8-11-31(12-9-17)15-20-10-13-32-22(20)23(26-16-27-32)28-21-5-3-4-19(14-21)25-30-29-24(33-25)18-6-7-18/h3-5,10,13-14,16-18H,2,6-9,11-12,15H2,1H3,(H,26,27,28). The monoisotopic (exact) mass is 459 g/mol. The van der Waals surface area contributed by atoms with E-state index in [1.807, 2.05) is 10.7 Å². The van der Waals surface area contributed by atoms with Crippen molar-refractivity contribution in [1.82, 2.24) is 29.7 Å². The molecular weight excluding hydrogens is 430 g/mol. The normalized spacial score (nSPS) is 17.6. The van der Waals surface area contributed by atoms with E-state index in [2.05, 4.69) is 67.8 Å². The maximum Gasteiger partial charge on any atom is 0.158 e. The van der Waals surface area contributed by atoms with E-state index in [1.54, 1.807) is 17.7 Å². The minimum atomic E-state index is 0.632. The fourth-order valence-corrected chi connectivity index (χ4v) is 5.75.